The minimum atomic E-state index is 0.0509. The maximum Gasteiger partial charge on any atom is 0.202 e. The fourth-order valence-electron chi connectivity index (χ4n) is 2.20. The molecule has 1 N–H and O–H groups in total. The Balaban J connectivity index is 1.93. The molecule has 0 atom stereocenters. The zero-order valence-electron chi connectivity index (χ0n) is 11.3. The van der Waals surface area contributed by atoms with Gasteiger partial charge in [0.15, 0.2) is 0 Å². The van der Waals surface area contributed by atoms with Crippen LogP contribution in [0.25, 0.3) is 0 Å². The summed E-state index contributed by atoms with van der Waals surface area (Å²) in [4.78, 5) is 4.57. The molecule has 3 nitrogen and oxygen atoms in total. The largest absolute Gasteiger partial charge is 0.360 e. The van der Waals surface area contributed by atoms with Crippen LogP contribution in [0.2, 0.25) is 0 Å². The number of hydrogen-bond donors (Lipinski definition) is 1. The SMILES string of the molecule is CCC1(CNc2nc(C(C)(C)C)ns2)CCC1. The molecule has 17 heavy (non-hydrogen) atoms. The molecule has 4 heteroatoms. The Morgan fingerprint density at radius 3 is 2.47 bits per heavy atom. The van der Waals surface area contributed by atoms with E-state index in [-0.39, 0.29) is 5.41 Å². The van der Waals surface area contributed by atoms with E-state index in [1.807, 2.05) is 0 Å². The molecule has 0 bridgehead atoms. The Morgan fingerprint density at radius 2 is 2.06 bits per heavy atom. The Morgan fingerprint density at radius 1 is 1.35 bits per heavy atom. The lowest BCUT2D eigenvalue weighted by molar-refractivity contribution is 0.145. The fourth-order valence-corrected chi connectivity index (χ4v) is 2.95. The summed E-state index contributed by atoms with van der Waals surface area (Å²) in [5, 5.41) is 4.46. The summed E-state index contributed by atoms with van der Waals surface area (Å²) >= 11 is 1.49. The van der Waals surface area contributed by atoms with E-state index in [4.69, 9.17) is 0 Å². The van der Waals surface area contributed by atoms with Gasteiger partial charge in [-0.3, -0.25) is 0 Å². The normalized spacial score (nSPS) is 18.8. The second-order valence-corrected chi connectivity index (χ2v) is 6.99. The average Bonchev–Trinajstić information content (AvgIpc) is 2.65. The van der Waals surface area contributed by atoms with Crippen molar-refractivity contribution in [1.82, 2.24) is 9.36 Å². The third kappa shape index (κ3) is 2.79. The minimum Gasteiger partial charge on any atom is -0.360 e. The van der Waals surface area contributed by atoms with E-state index in [0.29, 0.717) is 5.41 Å². The van der Waals surface area contributed by atoms with Crippen LogP contribution in [0.1, 0.15) is 59.2 Å². The van der Waals surface area contributed by atoms with E-state index in [2.05, 4.69) is 42.4 Å². The summed E-state index contributed by atoms with van der Waals surface area (Å²) in [6.45, 7) is 9.80. The van der Waals surface area contributed by atoms with E-state index >= 15 is 0 Å². The molecule has 2 rings (SSSR count). The molecule has 1 fully saturated rings. The molecule has 0 unspecified atom stereocenters. The number of nitrogens with zero attached hydrogens (tertiary/aromatic N) is 2. The van der Waals surface area contributed by atoms with Gasteiger partial charge in [0.25, 0.3) is 0 Å². The van der Waals surface area contributed by atoms with Gasteiger partial charge < -0.3 is 5.32 Å². The molecule has 0 amide bonds. The first-order valence-electron chi connectivity index (χ1n) is 6.53. The van der Waals surface area contributed by atoms with Crippen LogP contribution in [-0.2, 0) is 5.41 Å². The molecular weight excluding hydrogens is 230 g/mol. The molecule has 1 aromatic heterocycles. The van der Waals surface area contributed by atoms with Crippen molar-refractivity contribution >= 4 is 16.7 Å². The standard InChI is InChI=1S/C13H23N3S/c1-5-13(7-6-8-13)9-14-11-15-10(16-17-11)12(2,3)4/h5-9H2,1-4H3,(H,14,15,16). The summed E-state index contributed by atoms with van der Waals surface area (Å²) in [6.07, 6.45) is 5.38. The summed E-state index contributed by atoms with van der Waals surface area (Å²) in [6, 6.07) is 0. The molecule has 0 aliphatic heterocycles. The summed E-state index contributed by atoms with van der Waals surface area (Å²) in [7, 11) is 0. The summed E-state index contributed by atoms with van der Waals surface area (Å²) < 4.78 is 4.43. The lowest BCUT2D eigenvalue weighted by Crippen LogP contribution is -2.35. The van der Waals surface area contributed by atoms with Gasteiger partial charge >= 0.3 is 0 Å². The van der Waals surface area contributed by atoms with Gasteiger partial charge in [0.05, 0.1) is 0 Å². The van der Waals surface area contributed by atoms with Crippen LogP contribution in [0, 0.1) is 5.41 Å². The first kappa shape index (κ1) is 12.8. The third-order valence-corrected chi connectivity index (χ3v) is 4.55. The van der Waals surface area contributed by atoms with Crippen molar-refractivity contribution in [2.24, 2.45) is 5.41 Å². The monoisotopic (exact) mass is 253 g/mol. The van der Waals surface area contributed by atoms with Crippen molar-refractivity contribution in [3.8, 4) is 0 Å². The smallest absolute Gasteiger partial charge is 0.202 e. The van der Waals surface area contributed by atoms with E-state index in [1.54, 1.807) is 0 Å². The number of nitrogens with one attached hydrogen (secondary N) is 1. The van der Waals surface area contributed by atoms with Crippen molar-refractivity contribution in [2.45, 2.75) is 58.8 Å². The summed E-state index contributed by atoms with van der Waals surface area (Å²) in [5.74, 6) is 0.948. The lowest BCUT2D eigenvalue weighted by atomic mass is 9.67. The molecule has 0 spiro atoms. The zero-order chi connectivity index (χ0) is 12.5. The highest BCUT2D eigenvalue weighted by atomic mass is 32.1. The average molecular weight is 253 g/mol. The predicted molar refractivity (Wildman–Crippen MR) is 73.7 cm³/mol. The summed E-state index contributed by atoms with van der Waals surface area (Å²) in [5.41, 5.74) is 0.586. The number of anilines is 1. The Bertz CT molecular complexity index is 369. The zero-order valence-corrected chi connectivity index (χ0v) is 12.2. The van der Waals surface area contributed by atoms with Gasteiger partial charge in [-0.2, -0.15) is 4.37 Å². The van der Waals surface area contributed by atoms with Gasteiger partial charge in [0.1, 0.15) is 5.82 Å². The molecule has 1 saturated carbocycles. The van der Waals surface area contributed by atoms with Gasteiger partial charge in [0, 0.05) is 23.5 Å². The highest BCUT2D eigenvalue weighted by molar-refractivity contribution is 7.09. The van der Waals surface area contributed by atoms with Crippen molar-refractivity contribution in [2.75, 3.05) is 11.9 Å². The Labute approximate surface area is 108 Å². The number of rotatable bonds is 4. The van der Waals surface area contributed by atoms with Crippen molar-refractivity contribution in [1.29, 1.82) is 0 Å². The van der Waals surface area contributed by atoms with Crippen LogP contribution in [-0.4, -0.2) is 15.9 Å². The van der Waals surface area contributed by atoms with E-state index in [0.717, 1.165) is 17.5 Å². The van der Waals surface area contributed by atoms with E-state index in [1.165, 1.54) is 37.2 Å². The van der Waals surface area contributed by atoms with E-state index < -0.39 is 0 Å². The highest BCUT2D eigenvalue weighted by Crippen LogP contribution is 2.43. The highest BCUT2D eigenvalue weighted by Gasteiger charge is 2.35. The molecule has 1 aliphatic carbocycles. The Kier molecular flexibility index (Phi) is 3.43. The van der Waals surface area contributed by atoms with Crippen LogP contribution < -0.4 is 5.32 Å². The molecule has 0 radical (unpaired) electrons. The van der Waals surface area contributed by atoms with Crippen LogP contribution in [0.4, 0.5) is 5.13 Å². The maximum absolute atomic E-state index is 4.57. The van der Waals surface area contributed by atoms with Crippen LogP contribution in [0.3, 0.4) is 0 Å². The van der Waals surface area contributed by atoms with Crippen molar-refractivity contribution < 1.29 is 0 Å². The molecule has 0 aromatic carbocycles. The van der Waals surface area contributed by atoms with Crippen molar-refractivity contribution in [3.63, 3.8) is 0 Å². The van der Waals surface area contributed by atoms with E-state index in [9.17, 15) is 0 Å². The van der Waals surface area contributed by atoms with Gasteiger partial charge in [-0.25, -0.2) is 4.98 Å². The molecular formula is C13H23N3S. The van der Waals surface area contributed by atoms with Gasteiger partial charge in [-0.1, -0.05) is 34.1 Å². The third-order valence-electron chi connectivity index (χ3n) is 3.88. The van der Waals surface area contributed by atoms with Crippen LogP contribution in [0.5, 0.6) is 0 Å². The van der Waals surface area contributed by atoms with Gasteiger partial charge in [-0.05, 0) is 24.7 Å². The Hall–Kier alpha value is -0.640. The van der Waals surface area contributed by atoms with Gasteiger partial charge in [-0.15, -0.1) is 0 Å². The minimum absolute atomic E-state index is 0.0509. The first-order chi connectivity index (χ1) is 7.95. The maximum atomic E-state index is 4.57. The molecule has 1 aliphatic rings. The van der Waals surface area contributed by atoms with Crippen molar-refractivity contribution in [3.05, 3.63) is 5.82 Å². The second-order valence-electron chi connectivity index (χ2n) is 6.23. The quantitative estimate of drug-likeness (QED) is 0.886. The second kappa shape index (κ2) is 4.56. The number of aromatic nitrogens is 2. The first-order valence-corrected chi connectivity index (χ1v) is 7.31. The molecule has 0 saturated heterocycles. The van der Waals surface area contributed by atoms with Gasteiger partial charge in [0.2, 0.25) is 5.13 Å². The molecule has 1 heterocycles. The predicted octanol–water partition coefficient (Wildman–Crippen LogP) is 3.83. The van der Waals surface area contributed by atoms with Crippen LogP contribution >= 0.6 is 11.5 Å². The molecule has 96 valence electrons. The number of hydrogen-bond acceptors (Lipinski definition) is 4. The fraction of sp³-hybridized carbons (Fsp3) is 0.846. The molecule has 1 aromatic rings. The van der Waals surface area contributed by atoms with Crippen LogP contribution in [0.15, 0.2) is 0 Å². The topological polar surface area (TPSA) is 37.8 Å². The lowest BCUT2D eigenvalue weighted by Gasteiger charge is -2.41.